The molecule has 0 atom stereocenters. The number of ether oxygens (including phenoxy) is 2. The van der Waals surface area contributed by atoms with Crippen molar-refractivity contribution in [1.82, 2.24) is 5.32 Å². The molecule has 4 heteroatoms. The molecule has 1 N–H and O–H groups in total. The average molecular weight is 298 g/mol. The third-order valence-electron chi connectivity index (χ3n) is 3.24. The zero-order valence-electron chi connectivity index (χ0n) is 9.67. The topological polar surface area (TPSA) is 30.5 Å². The lowest BCUT2D eigenvalue weighted by Gasteiger charge is -2.07. The maximum atomic E-state index is 5.39. The first-order valence-corrected chi connectivity index (χ1v) is 6.91. The van der Waals surface area contributed by atoms with Crippen LogP contribution >= 0.6 is 15.9 Å². The molecule has 1 aliphatic carbocycles. The summed E-state index contributed by atoms with van der Waals surface area (Å²) in [6.07, 6.45) is 4.17. The summed E-state index contributed by atoms with van der Waals surface area (Å²) in [7, 11) is 0. The number of halogens is 1. The lowest BCUT2D eigenvalue weighted by Crippen LogP contribution is -2.15. The first kappa shape index (κ1) is 11.4. The van der Waals surface area contributed by atoms with Crippen molar-refractivity contribution in [3.63, 3.8) is 0 Å². The van der Waals surface area contributed by atoms with E-state index in [0.29, 0.717) is 6.79 Å². The summed E-state index contributed by atoms with van der Waals surface area (Å²) >= 11 is 3.51. The minimum Gasteiger partial charge on any atom is -0.454 e. The molecule has 0 spiro atoms. The van der Waals surface area contributed by atoms with Gasteiger partial charge in [-0.3, -0.25) is 0 Å². The van der Waals surface area contributed by atoms with Crippen molar-refractivity contribution in [2.75, 3.05) is 13.3 Å². The minimum absolute atomic E-state index is 0.326. The number of fused-ring (bicyclic) bond motifs is 1. The average Bonchev–Trinajstić information content (AvgIpc) is 3.01. The summed E-state index contributed by atoms with van der Waals surface area (Å²) in [6, 6.07) is 4.15. The number of hydrogen-bond acceptors (Lipinski definition) is 3. The summed E-state index contributed by atoms with van der Waals surface area (Å²) < 4.78 is 11.7. The van der Waals surface area contributed by atoms with E-state index in [-0.39, 0.29) is 0 Å². The molecule has 0 radical (unpaired) electrons. The van der Waals surface area contributed by atoms with Gasteiger partial charge in [-0.2, -0.15) is 0 Å². The van der Waals surface area contributed by atoms with E-state index in [0.717, 1.165) is 35.0 Å². The van der Waals surface area contributed by atoms with Crippen molar-refractivity contribution in [2.45, 2.75) is 25.8 Å². The highest BCUT2D eigenvalue weighted by molar-refractivity contribution is 9.10. The van der Waals surface area contributed by atoms with E-state index in [1.807, 2.05) is 0 Å². The van der Waals surface area contributed by atoms with Crippen molar-refractivity contribution in [3.8, 4) is 11.5 Å². The SMILES string of the molecule is Brc1cc(CNCCC2CC2)cc2c1OCO2. The molecule has 1 aromatic carbocycles. The normalized spacial score (nSPS) is 17.5. The number of rotatable bonds is 5. The van der Waals surface area contributed by atoms with Gasteiger partial charge in [0.2, 0.25) is 6.79 Å². The monoisotopic (exact) mass is 297 g/mol. The van der Waals surface area contributed by atoms with Gasteiger partial charge in [0.15, 0.2) is 11.5 Å². The Labute approximate surface area is 110 Å². The number of benzene rings is 1. The molecule has 2 aliphatic rings. The molecule has 1 heterocycles. The zero-order chi connectivity index (χ0) is 11.7. The van der Waals surface area contributed by atoms with Gasteiger partial charge in [0.1, 0.15) is 0 Å². The predicted octanol–water partition coefficient (Wildman–Crippen LogP) is 3.07. The molecule has 3 rings (SSSR count). The van der Waals surface area contributed by atoms with Crippen molar-refractivity contribution in [3.05, 3.63) is 22.2 Å². The van der Waals surface area contributed by atoms with Gasteiger partial charge in [-0.05, 0) is 52.5 Å². The molecule has 1 aromatic rings. The molecule has 1 saturated carbocycles. The third kappa shape index (κ3) is 2.75. The largest absolute Gasteiger partial charge is 0.454 e. The first-order chi connectivity index (χ1) is 8.33. The standard InChI is InChI=1S/C13H16BrNO2/c14-11-5-10(6-12-13(11)17-8-16-12)7-15-4-3-9-1-2-9/h5-6,9,15H,1-4,7-8H2. The van der Waals surface area contributed by atoms with Crippen LogP contribution in [0.5, 0.6) is 11.5 Å². The Morgan fingerprint density at radius 1 is 1.29 bits per heavy atom. The minimum atomic E-state index is 0.326. The van der Waals surface area contributed by atoms with Crippen LogP contribution in [0.3, 0.4) is 0 Å². The Balaban J connectivity index is 1.57. The zero-order valence-corrected chi connectivity index (χ0v) is 11.3. The van der Waals surface area contributed by atoms with E-state index in [9.17, 15) is 0 Å². The van der Waals surface area contributed by atoms with E-state index in [1.165, 1.54) is 24.8 Å². The summed E-state index contributed by atoms with van der Waals surface area (Å²) in [6.45, 7) is 2.32. The first-order valence-electron chi connectivity index (χ1n) is 6.11. The molecule has 0 aromatic heterocycles. The predicted molar refractivity (Wildman–Crippen MR) is 69.3 cm³/mol. The van der Waals surface area contributed by atoms with Gasteiger partial charge in [-0.15, -0.1) is 0 Å². The van der Waals surface area contributed by atoms with Crippen LogP contribution in [0, 0.1) is 5.92 Å². The fourth-order valence-electron chi connectivity index (χ4n) is 2.07. The number of hydrogen-bond donors (Lipinski definition) is 1. The molecular weight excluding hydrogens is 282 g/mol. The van der Waals surface area contributed by atoms with Gasteiger partial charge in [0.05, 0.1) is 4.47 Å². The smallest absolute Gasteiger partial charge is 0.231 e. The highest BCUT2D eigenvalue weighted by Gasteiger charge is 2.20. The summed E-state index contributed by atoms with van der Waals surface area (Å²) in [5, 5.41) is 3.47. The Morgan fingerprint density at radius 3 is 3.00 bits per heavy atom. The molecule has 0 bridgehead atoms. The van der Waals surface area contributed by atoms with Gasteiger partial charge < -0.3 is 14.8 Å². The molecule has 92 valence electrons. The van der Waals surface area contributed by atoms with E-state index in [2.05, 4.69) is 33.4 Å². The Morgan fingerprint density at radius 2 is 2.18 bits per heavy atom. The van der Waals surface area contributed by atoms with E-state index in [4.69, 9.17) is 9.47 Å². The molecule has 0 amide bonds. The lowest BCUT2D eigenvalue weighted by molar-refractivity contribution is 0.173. The van der Waals surface area contributed by atoms with Gasteiger partial charge in [0.25, 0.3) is 0 Å². The van der Waals surface area contributed by atoms with E-state index >= 15 is 0 Å². The second-order valence-corrected chi connectivity index (χ2v) is 5.57. The highest BCUT2D eigenvalue weighted by atomic mass is 79.9. The third-order valence-corrected chi connectivity index (χ3v) is 3.83. The molecule has 17 heavy (non-hydrogen) atoms. The molecular formula is C13H16BrNO2. The van der Waals surface area contributed by atoms with Gasteiger partial charge in [0, 0.05) is 6.54 Å². The molecule has 0 unspecified atom stereocenters. The summed E-state index contributed by atoms with van der Waals surface area (Å²) in [5.41, 5.74) is 1.23. The highest BCUT2D eigenvalue weighted by Crippen LogP contribution is 2.40. The van der Waals surface area contributed by atoms with Crippen LogP contribution in [0.25, 0.3) is 0 Å². The van der Waals surface area contributed by atoms with Crippen LogP contribution in [-0.2, 0) is 6.54 Å². The van der Waals surface area contributed by atoms with Crippen LogP contribution in [0.15, 0.2) is 16.6 Å². The van der Waals surface area contributed by atoms with Crippen LogP contribution < -0.4 is 14.8 Å². The molecule has 0 saturated heterocycles. The molecule has 1 fully saturated rings. The summed E-state index contributed by atoms with van der Waals surface area (Å²) in [5.74, 6) is 2.66. The second kappa shape index (κ2) is 4.86. The maximum Gasteiger partial charge on any atom is 0.231 e. The quantitative estimate of drug-likeness (QED) is 0.848. The van der Waals surface area contributed by atoms with Gasteiger partial charge in [-0.1, -0.05) is 12.8 Å². The molecule has 1 aliphatic heterocycles. The van der Waals surface area contributed by atoms with Crippen molar-refractivity contribution in [2.24, 2.45) is 5.92 Å². The Kier molecular flexibility index (Phi) is 3.25. The van der Waals surface area contributed by atoms with E-state index < -0.39 is 0 Å². The van der Waals surface area contributed by atoms with Crippen molar-refractivity contribution < 1.29 is 9.47 Å². The lowest BCUT2D eigenvalue weighted by atomic mass is 10.2. The Hall–Kier alpha value is -0.740. The Bertz CT molecular complexity index is 418. The maximum absolute atomic E-state index is 5.39. The summed E-state index contributed by atoms with van der Waals surface area (Å²) in [4.78, 5) is 0. The van der Waals surface area contributed by atoms with Gasteiger partial charge >= 0.3 is 0 Å². The van der Waals surface area contributed by atoms with Gasteiger partial charge in [-0.25, -0.2) is 0 Å². The van der Waals surface area contributed by atoms with E-state index in [1.54, 1.807) is 0 Å². The van der Waals surface area contributed by atoms with Crippen LogP contribution in [0.2, 0.25) is 0 Å². The molecule has 3 nitrogen and oxygen atoms in total. The van der Waals surface area contributed by atoms with Crippen LogP contribution in [0.1, 0.15) is 24.8 Å². The second-order valence-electron chi connectivity index (χ2n) is 4.72. The number of nitrogens with one attached hydrogen (secondary N) is 1. The fraction of sp³-hybridized carbons (Fsp3) is 0.538. The van der Waals surface area contributed by atoms with Crippen molar-refractivity contribution in [1.29, 1.82) is 0 Å². The van der Waals surface area contributed by atoms with Crippen molar-refractivity contribution >= 4 is 15.9 Å². The van der Waals surface area contributed by atoms with Crippen LogP contribution in [0.4, 0.5) is 0 Å². The fourth-order valence-corrected chi connectivity index (χ4v) is 2.67. The van der Waals surface area contributed by atoms with Crippen LogP contribution in [-0.4, -0.2) is 13.3 Å².